The average Bonchev–Trinajstić information content (AvgIpc) is 2.56. The number of cyclic esters (lactones) is 1. The number of rotatable bonds is 2. The number of hydrogen-bond donors (Lipinski definition) is 1. The van der Waals surface area contributed by atoms with Crippen molar-refractivity contribution in [2.45, 2.75) is 12.5 Å². The molecule has 1 fully saturated rings. The van der Waals surface area contributed by atoms with Crippen molar-refractivity contribution in [3.05, 3.63) is 29.8 Å². The van der Waals surface area contributed by atoms with Crippen molar-refractivity contribution in [1.82, 2.24) is 5.32 Å². The van der Waals surface area contributed by atoms with Gasteiger partial charge in [0.2, 0.25) is 6.10 Å². The zero-order chi connectivity index (χ0) is 13.3. The van der Waals surface area contributed by atoms with Crippen LogP contribution in [0.25, 0.3) is 0 Å². The van der Waals surface area contributed by atoms with Gasteiger partial charge in [-0.3, -0.25) is 10.1 Å². The summed E-state index contributed by atoms with van der Waals surface area (Å²) in [5.41, 5.74) is -0.168. The molecular weight excluding hydrogens is 255 g/mol. The highest BCUT2D eigenvalue weighted by Crippen LogP contribution is 2.33. The number of carbonyl (C=O) groups is 2. The molecule has 0 saturated carbocycles. The maximum atomic E-state index is 12.2. The second-order valence-electron chi connectivity index (χ2n) is 3.36. The van der Waals surface area contributed by atoms with E-state index in [-0.39, 0.29) is 5.56 Å². The minimum absolute atomic E-state index is 0.168. The van der Waals surface area contributed by atoms with E-state index in [0.29, 0.717) is 0 Å². The minimum Gasteiger partial charge on any atom is -0.431 e. The summed E-state index contributed by atoms with van der Waals surface area (Å²) >= 11 is 0. The summed E-state index contributed by atoms with van der Waals surface area (Å²) in [7, 11) is 0. The zero-order valence-electron chi connectivity index (χ0n) is 8.65. The second-order valence-corrected chi connectivity index (χ2v) is 3.36. The van der Waals surface area contributed by atoms with E-state index in [0.717, 1.165) is 6.07 Å². The van der Waals surface area contributed by atoms with Crippen molar-refractivity contribution < 1.29 is 32.2 Å². The first-order chi connectivity index (χ1) is 8.37. The van der Waals surface area contributed by atoms with Crippen LogP contribution in [0.1, 0.15) is 11.7 Å². The highest BCUT2D eigenvalue weighted by molar-refractivity contribution is 6.00. The Morgan fingerprint density at radius 2 is 1.89 bits per heavy atom. The summed E-state index contributed by atoms with van der Waals surface area (Å²) in [6.45, 7) is 0. The van der Waals surface area contributed by atoms with Crippen LogP contribution in [0.2, 0.25) is 0 Å². The molecule has 1 N–H and O–H groups in total. The smallest absolute Gasteiger partial charge is 0.431 e. The van der Waals surface area contributed by atoms with Crippen LogP contribution in [0.4, 0.5) is 18.0 Å². The predicted molar refractivity (Wildman–Crippen MR) is 50.5 cm³/mol. The van der Waals surface area contributed by atoms with Gasteiger partial charge in [0.15, 0.2) is 0 Å². The lowest BCUT2D eigenvalue weighted by atomic mass is 10.1. The molecule has 0 aliphatic carbocycles. The largest absolute Gasteiger partial charge is 0.573 e. The number of halogens is 3. The van der Waals surface area contributed by atoms with Gasteiger partial charge in [-0.1, -0.05) is 18.2 Å². The van der Waals surface area contributed by atoms with Gasteiger partial charge in [0, 0.05) is 5.56 Å². The topological polar surface area (TPSA) is 64.6 Å². The molecular formula is C10H6F3NO4. The molecule has 1 aliphatic rings. The third-order valence-electron chi connectivity index (χ3n) is 2.12. The van der Waals surface area contributed by atoms with Crippen molar-refractivity contribution in [2.24, 2.45) is 0 Å². The maximum absolute atomic E-state index is 12.2. The molecule has 1 saturated heterocycles. The monoisotopic (exact) mass is 261 g/mol. The van der Waals surface area contributed by atoms with Crippen molar-refractivity contribution in [3.63, 3.8) is 0 Å². The first-order valence-corrected chi connectivity index (χ1v) is 4.73. The molecule has 1 aromatic rings. The van der Waals surface area contributed by atoms with Gasteiger partial charge in [-0.05, 0) is 6.07 Å². The molecule has 5 nitrogen and oxygen atoms in total. The van der Waals surface area contributed by atoms with Crippen molar-refractivity contribution in [3.8, 4) is 5.75 Å². The fourth-order valence-electron chi connectivity index (χ4n) is 1.48. The van der Waals surface area contributed by atoms with Gasteiger partial charge in [-0.15, -0.1) is 13.2 Å². The fourth-order valence-corrected chi connectivity index (χ4v) is 1.48. The summed E-state index contributed by atoms with van der Waals surface area (Å²) in [6.07, 6.45) is -7.34. The Balaban J connectivity index is 2.33. The van der Waals surface area contributed by atoms with Crippen LogP contribution in [0.15, 0.2) is 24.3 Å². The second kappa shape index (κ2) is 4.21. The summed E-state index contributed by atoms with van der Waals surface area (Å²) in [4.78, 5) is 22.1. The lowest BCUT2D eigenvalue weighted by Gasteiger charge is -2.14. The number of amides is 2. The molecule has 1 unspecified atom stereocenters. The molecule has 1 aromatic carbocycles. The third-order valence-corrected chi connectivity index (χ3v) is 2.12. The standard InChI is InChI=1S/C10H6F3NO4/c11-10(12,13)18-6-4-2-1-3-5(6)7-8(15)14-9(16)17-7/h1-4,7H,(H,14,15,16). The quantitative estimate of drug-likeness (QED) is 0.882. The van der Waals surface area contributed by atoms with Crippen LogP contribution >= 0.6 is 0 Å². The van der Waals surface area contributed by atoms with Gasteiger partial charge in [0.1, 0.15) is 5.75 Å². The van der Waals surface area contributed by atoms with Crippen LogP contribution in [0, 0.1) is 0 Å². The van der Waals surface area contributed by atoms with E-state index in [1.54, 1.807) is 0 Å². The Bertz CT molecular complexity index is 500. The Labute approximate surface area is 98.5 Å². The van der Waals surface area contributed by atoms with Gasteiger partial charge in [-0.25, -0.2) is 4.79 Å². The average molecular weight is 261 g/mol. The minimum atomic E-state index is -4.89. The zero-order valence-corrected chi connectivity index (χ0v) is 8.65. The first-order valence-electron chi connectivity index (χ1n) is 4.73. The lowest BCUT2D eigenvalue weighted by Crippen LogP contribution is -2.22. The molecule has 0 radical (unpaired) electrons. The first kappa shape index (κ1) is 12.2. The van der Waals surface area contributed by atoms with Crippen LogP contribution < -0.4 is 10.1 Å². The number of nitrogens with one attached hydrogen (secondary N) is 1. The van der Waals surface area contributed by atoms with Gasteiger partial charge in [0.05, 0.1) is 0 Å². The molecule has 1 atom stereocenters. The van der Waals surface area contributed by atoms with E-state index in [4.69, 9.17) is 0 Å². The molecule has 1 heterocycles. The van der Waals surface area contributed by atoms with E-state index < -0.39 is 30.2 Å². The number of ether oxygens (including phenoxy) is 2. The normalized spacial score (nSPS) is 19.4. The Morgan fingerprint density at radius 1 is 1.22 bits per heavy atom. The lowest BCUT2D eigenvalue weighted by molar-refractivity contribution is -0.275. The van der Waals surface area contributed by atoms with Crippen molar-refractivity contribution >= 4 is 12.0 Å². The van der Waals surface area contributed by atoms with E-state index in [9.17, 15) is 22.8 Å². The number of imide groups is 1. The molecule has 2 amide bonds. The van der Waals surface area contributed by atoms with Gasteiger partial charge in [0.25, 0.3) is 5.91 Å². The predicted octanol–water partition coefficient (Wildman–Crippen LogP) is 1.89. The van der Waals surface area contributed by atoms with Gasteiger partial charge < -0.3 is 9.47 Å². The molecule has 96 valence electrons. The van der Waals surface area contributed by atoms with Crippen LogP contribution in [-0.2, 0) is 9.53 Å². The number of benzene rings is 1. The SMILES string of the molecule is O=C1NC(=O)C(c2ccccc2OC(F)(F)F)O1. The summed E-state index contributed by atoms with van der Waals surface area (Å²) < 4.78 is 44.8. The number of carbonyl (C=O) groups excluding carboxylic acids is 2. The van der Waals surface area contributed by atoms with Crippen LogP contribution in [0.5, 0.6) is 5.75 Å². The van der Waals surface area contributed by atoms with Crippen molar-refractivity contribution in [1.29, 1.82) is 0 Å². The third kappa shape index (κ3) is 2.53. The van der Waals surface area contributed by atoms with E-state index in [2.05, 4.69) is 9.47 Å². The molecule has 0 spiro atoms. The van der Waals surface area contributed by atoms with Gasteiger partial charge >= 0.3 is 12.5 Å². The fraction of sp³-hybridized carbons (Fsp3) is 0.200. The van der Waals surface area contributed by atoms with Crippen molar-refractivity contribution in [2.75, 3.05) is 0 Å². The highest BCUT2D eigenvalue weighted by atomic mass is 19.4. The summed E-state index contributed by atoms with van der Waals surface area (Å²) in [6, 6.07) is 4.95. The molecule has 0 aromatic heterocycles. The molecule has 0 bridgehead atoms. The number of alkyl halides is 3. The van der Waals surface area contributed by atoms with Crippen LogP contribution in [-0.4, -0.2) is 18.4 Å². The van der Waals surface area contributed by atoms with Crippen LogP contribution in [0.3, 0.4) is 0 Å². The Hall–Kier alpha value is -2.25. The Kier molecular flexibility index (Phi) is 2.85. The summed E-state index contributed by atoms with van der Waals surface area (Å²) in [5, 5.41) is 1.82. The molecule has 1 aliphatic heterocycles. The molecule has 2 rings (SSSR count). The number of alkyl carbamates (subject to hydrolysis) is 1. The number of hydrogen-bond acceptors (Lipinski definition) is 4. The number of para-hydroxylation sites is 1. The molecule has 8 heteroatoms. The van der Waals surface area contributed by atoms with Gasteiger partial charge in [-0.2, -0.15) is 0 Å². The maximum Gasteiger partial charge on any atom is 0.573 e. The van der Waals surface area contributed by atoms with E-state index >= 15 is 0 Å². The summed E-state index contributed by atoms with van der Waals surface area (Å²) in [5.74, 6) is -1.42. The molecule has 18 heavy (non-hydrogen) atoms. The Morgan fingerprint density at radius 3 is 2.44 bits per heavy atom. The van der Waals surface area contributed by atoms with E-state index in [1.807, 2.05) is 5.32 Å². The highest BCUT2D eigenvalue weighted by Gasteiger charge is 2.38. The van der Waals surface area contributed by atoms with E-state index in [1.165, 1.54) is 18.2 Å².